The summed E-state index contributed by atoms with van der Waals surface area (Å²) in [7, 11) is 1.71. The van der Waals surface area contributed by atoms with Crippen molar-refractivity contribution in [3.05, 3.63) is 98.4 Å². The van der Waals surface area contributed by atoms with E-state index in [2.05, 4.69) is 5.32 Å². The van der Waals surface area contributed by atoms with Crippen molar-refractivity contribution < 1.29 is 9.59 Å². The van der Waals surface area contributed by atoms with E-state index in [1.54, 1.807) is 48.4 Å². The molecular weight excluding hydrogens is 451 g/mol. The van der Waals surface area contributed by atoms with Gasteiger partial charge in [0.2, 0.25) is 0 Å². The van der Waals surface area contributed by atoms with Gasteiger partial charge in [0, 0.05) is 34.1 Å². The van der Waals surface area contributed by atoms with Crippen LogP contribution in [0.3, 0.4) is 0 Å². The fourth-order valence-corrected chi connectivity index (χ4v) is 4.55. The van der Waals surface area contributed by atoms with Crippen LogP contribution < -0.4 is 10.2 Å². The highest BCUT2D eigenvalue weighted by Gasteiger charge is 2.27. The zero-order valence-corrected chi connectivity index (χ0v) is 18.9. The molecule has 0 bridgehead atoms. The van der Waals surface area contributed by atoms with E-state index in [1.807, 2.05) is 36.4 Å². The van der Waals surface area contributed by atoms with Crippen LogP contribution in [0.5, 0.6) is 0 Å². The van der Waals surface area contributed by atoms with Crippen LogP contribution in [0.25, 0.3) is 6.08 Å². The van der Waals surface area contributed by atoms with E-state index < -0.39 is 0 Å². The Morgan fingerprint density at radius 1 is 1.06 bits per heavy atom. The van der Waals surface area contributed by atoms with Crippen molar-refractivity contribution >= 4 is 58.5 Å². The van der Waals surface area contributed by atoms with Gasteiger partial charge in [0.25, 0.3) is 11.8 Å². The predicted octanol–water partition coefficient (Wildman–Crippen LogP) is 6.03. The van der Waals surface area contributed by atoms with Gasteiger partial charge < -0.3 is 10.2 Å². The van der Waals surface area contributed by atoms with Gasteiger partial charge in [0.15, 0.2) is 0 Å². The highest BCUT2D eigenvalue weighted by molar-refractivity contribution is 8.04. The molecule has 1 N–H and O–H groups in total. The van der Waals surface area contributed by atoms with Gasteiger partial charge in [-0.25, -0.2) is 0 Å². The van der Waals surface area contributed by atoms with Crippen molar-refractivity contribution in [2.24, 2.45) is 0 Å². The number of rotatable bonds is 4. The average Bonchev–Trinajstić information content (AvgIpc) is 2.78. The Morgan fingerprint density at radius 3 is 2.55 bits per heavy atom. The van der Waals surface area contributed by atoms with Crippen molar-refractivity contribution in [3.63, 3.8) is 0 Å². The molecule has 2 amide bonds. The minimum absolute atomic E-state index is 0.142. The van der Waals surface area contributed by atoms with Crippen molar-refractivity contribution in [2.75, 3.05) is 11.9 Å². The first-order chi connectivity index (χ1) is 14.9. The molecule has 0 aliphatic carbocycles. The Bertz CT molecular complexity index is 1190. The predicted molar refractivity (Wildman–Crippen MR) is 128 cm³/mol. The molecule has 0 fully saturated rings. The second-order valence-corrected chi connectivity index (χ2v) is 8.92. The third kappa shape index (κ3) is 4.79. The molecule has 3 aromatic rings. The van der Waals surface area contributed by atoms with E-state index in [1.165, 1.54) is 11.8 Å². The molecule has 1 aliphatic rings. The van der Waals surface area contributed by atoms with Crippen LogP contribution in [0, 0.1) is 0 Å². The van der Waals surface area contributed by atoms with Gasteiger partial charge in [-0.3, -0.25) is 9.59 Å². The topological polar surface area (TPSA) is 49.4 Å². The van der Waals surface area contributed by atoms with E-state index in [0.717, 1.165) is 16.0 Å². The van der Waals surface area contributed by atoms with Crippen molar-refractivity contribution in [2.45, 2.75) is 11.4 Å². The maximum atomic E-state index is 12.9. The normalized spacial score (nSPS) is 14.5. The smallest absolute Gasteiger partial charge is 0.264 e. The summed E-state index contributed by atoms with van der Waals surface area (Å²) in [6.45, 7) is 0.390. The lowest BCUT2D eigenvalue weighted by Crippen LogP contribution is -2.31. The fourth-order valence-electron chi connectivity index (χ4n) is 3.16. The molecule has 31 heavy (non-hydrogen) atoms. The van der Waals surface area contributed by atoms with Gasteiger partial charge in [-0.1, -0.05) is 65.3 Å². The molecular formula is C24H18Cl2N2O2S. The summed E-state index contributed by atoms with van der Waals surface area (Å²) in [4.78, 5) is 28.6. The molecule has 4 rings (SSSR count). The van der Waals surface area contributed by atoms with Crippen LogP contribution in [0.4, 0.5) is 5.69 Å². The summed E-state index contributed by atoms with van der Waals surface area (Å²) in [5, 5.41) is 4.14. The highest BCUT2D eigenvalue weighted by Crippen LogP contribution is 2.42. The molecule has 0 radical (unpaired) electrons. The standard InChI is InChI=1S/C24H18Cl2N2O2S/c1-28-20-12-17(23(29)27-14-15-6-9-18(25)10-7-15)8-11-21(20)31-22(24(28)30)13-16-4-2-3-5-19(16)26/h2-13H,14H2,1H3,(H,27,29)/b22-13-. The number of thioether (sulfide) groups is 1. The lowest BCUT2D eigenvalue weighted by atomic mass is 10.1. The van der Waals surface area contributed by atoms with Crippen molar-refractivity contribution in [3.8, 4) is 0 Å². The minimum Gasteiger partial charge on any atom is -0.348 e. The fraction of sp³-hybridized carbons (Fsp3) is 0.0833. The number of amides is 2. The Hall–Kier alpha value is -2.73. The number of halogens is 2. The largest absolute Gasteiger partial charge is 0.348 e. The van der Waals surface area contributed by atoms with Gasteiger partial charge in [-0.15, -0.1) is 0 Å². The first-order valence-corrected chi connectivity index (χ1v) is 11.1. The number of hydrogen-bond acceptors (Lipinski definition) is 3. The molecule has 0 aromatic heterocycles. The van der Waals surface area contributed by atoms with E-state index in [-0.39, 0.29) is 11.8 Å². The molecule has 7 heteroatoms. The van der Waals surface area contributed by atoms with Crippen LogP contribution in [0.15, 0.2) is 76.5 Å². The van der Waals surface area contributed by atoms with Crippen molar-refractivity contribution in [1.29, 1.82) is 0 Å². The summed E-state index contributed by atoms with van der Waals surface area (Å²) in [5.74, 6) is -0.350. The SMILES string of the molecule is CN1C(=O)/C(=C/c2ccccc2Cl)Sc2ccc(C(=O)NCc3ccc(Cl)cc3)cc21. The molecule has 0 atom stereocenters. The average molecular weight is 469 g/mol. The van der Waals surface area contributed by atoms with Gasteiger partial charge in [0.05, 0.1) is 10.6 Å². The summed E-state index contributed by atoms with van der Waals surface area (Å²) >= 11 is 13.5. The first kappa shape index (κ1) is 21.5. The number of nitrogens with one attached hydrogen (secondary N) is 1. The number of carbonyl (C=O) groups excluding carboxylic acids is 2. The van der Waals surface area contributed by atoms with Gasteiger partial charge in [-0.05, 0) is 53.6 Å². The van der Waals surface area contributed by atoms with Gasteiger partial charge >= 0.3 is 0 Å². The first-order valence-electron chi connectivity index (χ1n) is 9.51. The molecule has 0 unspecified atom stereocenters. The van der Waals surface area contributed by atoms with Crippen LogP contribution in [0.2, 0.25) is 10.0 Å². The molecule has 1 aliphatic heterocycles. The molecule has 0 saturated heterocycles. The Balaban J connectivity index is 1.54. The molecule has 4 nitrogen and oxygen atoms in total. The minimum atomic E-state index is -0.207. The second kappa shape index (κ2) is 9.18. The highest BCUT2D eigenvalue weighted by atomic mass is 35.5. The summed E-state index contributed by atoms with van der Waals surface area (Å²) in [6, 6.07) is 20.1. The summed E-state index contributed by atoms with van der Waals surface area (Å²) in [5.41, 5.74) is 2.93. The molecule has 0 saturated carbocycles. The van der Waals surface area contributed by atoms with E-state index in [4.69, 9.17) is 23.2 Å². The second-order valence-electron chi connectivity index (χ2n) is 6.99. The van der Waals surface area contributed by atoms with Gasteiger partial charge in [-0.2, -0.15) is 0 Å². The van der Waals surface area contributed by atoms with E-state index >= 15 is 0 Å². The van der Waals surface area contributed by atoms with Gasteiger partial charge in [0.1, 0.15) is 0 Å². The van der Waals surface area contributed by atoms with Crippen LogP contribution >= 0.6 is 35.0 Å². The van der Waals surface area contributed by atoms with E-state index in [0.29, 0.717) is 32.7 Å². The van der Waals surface area contributed by atoms with Crippen LogP contribution in [0.1, 0.15) is 21.5 Å². The monoisotopic (exact) mass is 468 g/mol. The summed E-state index contributed by atoms with van der Waals surface area (Å²) < 4.78 is 0. The number of anilines is 1. The third-order valence-electron chi connectivity index (χ3n) is 4.88. The van der Waals surface area contributed by atoms with Crippen molar-refractivity contribution in [1.82, 2.24) is 5.32 Å². The molecule has 0 spiro atoms. The Kier molecular flexibility index (Phi) is 6.37. The summed E-state index contributed by atoms with van der Waals surface area (Å²) in [6.07, 6.45) is 1.79. The number of nitrogens with zero attached hydrogens (tertiary/aromatic N) is 1. The van der Waals surface area contributed by atoms with Crippen LogP contribution in [-0.2, 0) is 11.3 Å². The lowest BCUT2D eigenvalue weighted by molar-refractivity contribution is -0.114. The maximum Gasteiger partial charge on any atom is 0.264 e. The Labute approximate surface area is 194 Å². The number of fused-ring (bicyclic) bond motifs is 1. The third-order valence-corrected chi connectivity index (χ3v) is 6.55. The van der Waals surface area contributed by atoms with Crippen LogP contribution in [-0.4, -0.2) is 18.9 Å². The molecule has 156 valence electrons. The number of hydrogen-bond donors (Lipinski definition) is 1. The van der Waals surface area contributed by atoms with E-state index in [9.17, 15) is 9.59 Å². The Morgan fingerprint density at radius 2 is 1.81 bits per heavy atom. The zero-order chi connectivity index (χ0) is 22.0. The quantitative estimate of drug-likeness (QED) is 0.475. The molecule has 1 heterocycles. The lowest BCUT2D eigenvalue weighted by Gasteiger charge is -2.27. The molecule has 3 aromatic carbocycles. The number of carbonyl (C=O) groups is 2. The zero-order valence-electron chi connectivity index (χ0n) is 16.6. The number of likely N-dealkylation sites (N-methyl/N-ethyl adjacent to an activating group) is 1. The maximum absolute atomic E-state index is 12.9. The number of benzene rings is 3.